The monoisotopic (exact) mass is 723 g/mol. The van der Waals surface area contributed by atoms with Gasteiger partial charge < -0.3 is 29.7 Å². The smallest absolute Gasteiger partial charge is 0.407 e. The number of nitrogens with zero attached hydrogens (tertiary/aromatic N) is 3. The normalized spacial score (nSPS) is 13.2. The number of methoxy groups -OCH3 is 2. The van der Waals surface area contributed by atoms with Gasteiger partial charge in [0.15, 0.2) is 0 Å². The molecule has 13 heteroatoms. The van der Waals surface area contributed by atoms with Crippen LogP contribution in [0.25, 0.3) is 33.6 Å². The van der Waals surface area contributed by atoms with Crippen LogP contribution < -0.4 is 20.1 Å². The Morgan fingerprint density at radius 2 is 1.68 bits per heavy atom. The van der Waals surface area contributed by atoms with E-state index in [2.05, 4.69) is 15.6 Å². The van der Waals surface area contributed by atoms with Crippen LogP contribution in [0.1, 0.15) is 37.3 Å². The van der Waals surface area contributed by atoms with Crippen LogP contribution in [-0.2, 0) is 22.6 Å². The lowest BCUT2D eigenvalue weighted by molar-refractivity contribution is -0.130. The number of amides is 2. The fourth-order valence-corrected chi connectivity index (χ4v) is 6.47. The SMILES string of the molecule is COc1cc(-c2nccc(-c3cccc(-c4ccc(CNC(=O)OC5CCN(C(C)=O)CC5)c(OC)n4)c3Cl)c2Cl)ccc1CNCCCF. The zero-order chi connectivity index (χ0) is 35.6. The summed E-state index contributed by atoms with van der Waals surface area (Å²) in [5, 5.41) is 6.86. The number of hydrogen-bond acceptors (Lipinski definition) is 8. The van der Waals surface area contributed by atoms with Crippen molar-refractivity contribution in [2.75, 3.05) is 40.5 Å². The zero-order valence-corrected chi connectivity index (χ0v) is 29.7. The molecule has 2 amide bonds. The van der Waals surface area contributed by atoms with Crippen molar-refractivity contribution < 1.29 is 28.2 Å². The highest BCUT2D eigenvalue weighted by Crippen LogP contribution is 2.42. The summed E-state index contributed by atoms with van der Waals surface area (Å²) < 4.78 is 29.3. The number of likely N-dealkylation sites (tertiary alicyclic amines) is 1. The number of ether oxygens (including phenoxy) is 3. The summed E-state index contributed by atoms with van der Waals surface area (Å²) in [6, 6.07) is 16.8. The lowest BCUT2D eigenvalue weighted by atomic mass is 9.99. The number of hydrogen-bond donors (Lipinski definition) is 2. The summed E-state index contributed by atoms with van der Waals surface area (Å²) in [7, 11) is 3.11. The molecule has 1 saturated heterocycles. The molecule has 2 aromatic heterocycles. The zero-order valence-electron chi connectivity index (χ0n) is 28.2. The Kier molecular flexibility index (Phi) is 12.9. The van der Waals surface area contributed by atoms with Crippen LogP contribution >= 0.6 is 23.2 Å². The highest BCUT2D eigenvalue weighted by Gasteiger charge is 2.24. The number of alkyl carbamates (subject to hydrolysis) is 1. The molecule has 0 spiro atoms. The number of carbonyl (C=O) groups is 2. The van der Waals surface area contributed by atoms with Crippen LogP contribution in [0.3, 0.4) is 0 Å². The maximum Gasteiger partial charge on any atom is 0.407 e. The third kappa shape index (κ3) is 8.82. The van der Waals surface area contributed by atoms with E-state index in [4.69, 9.17) is 42.4 Å². The molecule has 0 aliphatic carbocycles. The van der Waals surface area contributed by atoms with Gasteiger partial charge in [-0.25, -0.2) is 9.78 Å². The van der Waals surface area contributed by atoms with Gasteiger partial charge in [-0.1, -0.05) is 53.5 Å². The van der Waals surface area contributed by atoms with E-state index in [-0.39, 0.29) is 25.2 Å². The maximum atomic E-state index is 12.5. The predicted molar refractivity (Wildman–Crippen MR) is 192 cm³/mol. The Labute approximate surface area is 301 Å². The molecule has 0 unspecified atom stereocenters. The van der Waals surface area contributed by atoms with Crippen molar-refractivity contribution in [2.45, 2.75) is 45.4 Å². The molecular weight excluding hydrogens is 684 g/mol. The number of carbonyl (C=O) groups excluding carboxylic acids is 2. The van der Waals surface area contributed by atoms with E-state index in [0.29, 0.717) is 101 Å². The lowest BCUT2D eigenvalue weighted by Crippen LogP contribution is -2.41. The molecule has 2 N–H and O–H groups in total. The van der Waals surface area contributed by atoms with Gasteiger partial charge in [0.25, 0.3) is 0 Å². The Bertz CT molecular complexity index is 1820. The lowest BCUT2D eigenvalue weighted by Gasteiger charge is -2.30. The third-order valence-corrected chi connectivity index (χ3v) is 9.32. The maximum absolute atomic E-state index is 12.5. The number of alkyl halides is 1. The van der Waals surface area contributed by atoms with Crippen LogP contribution in [0.15, 0.2) is 60.8 Å². The minimum atomic E-state index is -0.543. The van der Waals surface area contributed by atoms with E-state index in [1.807, 2.05) is 54.6 Å². The van der Waals surface area contributed by atoms with E-state index in [1.165, 1.54) is 14.0 Å². The molecule has 5 rings (SSSR count). The quantitative estimate of drug-likeness (QED) is 0.137. The van der Waals surface area contributed by atoms with Gasteiger partial charge in [0, 0.05) is 79.0 Å². The fraction of sp³-hybridized carbons (Fsp3) is 0.351. The highest BCUT2D eigenvalue weighted by molar-refractivity contribution is 6.39. The first-order valence-corrected chi connectivity index (χ1v) is 17.1. The van der Waals surface area contributed by atoms with Crippen molar-refractivity contribution in [1.82, 2.24) is 25.5 Å². The van der Waals surface area contributed by atoms with Crippen molar-refractivity contribution >= 4 is 35.2 Å². The van der Waals surface area contributed by atoms with E-state index in [9.17, 15) is 14.0 Å². The molecule has 3 heterocycles. The second-order valence-electron chi connectivity index (χ2n) is 11.8. The highest BCUT2D eigenvalue weighted by atomic mass is 35.5. The van der Waals surface area contributed by atoms with Crippen molar-refractivity contribution in [1.29, 1.82) is 0 Å². The summed E-state index contributed by atoms with van der Waals surface area (Å²) >= 11 is 14.0. The van der Waals surface area contributed by atoms with Gasteiger partial charge in [0.05, 0.1) is 48.9 Å². The minimum absolute atomic E-state index is 0.0239. The number of rotatable bonds is 13. The molecule has 0 bridgehead atoms. The molecule has 4 aromatic rings. The Morgan fingerprint density at radius 1 is 0.940 bits per heavy atom. The van der Waals surface area contributed by atoms with Crippen molar-refractivity contribution in [3.63, 3.8) is 0 Å². The molecule has 10 nitrogen and oxygen atoms in total. The average molecular weight is 725 g/mol. The molecule has 2 aromatic carbocycles. The average Bonchev–Trinajstić information content (AvgIpc) is 3.13. The molecule has 0 atom stereocenters. The Balaban J connectivity index is 1.32. The molecule has 1 aliphatic heterocycles. The molecule has 0 radical (unpaired) electrons. The van der Waals surface area contributed by atoms with Gasteiger partial charge in [-0.15, -0.1) is 0 Å². The third-order valence-electron chi connectivity index (χ3n) is 8.53. The van der Waals surface area contributed by atoms with Crippen LogP contribution in [0.4, 0.5) is 9.18 Å². The van der Waals surface area contributed by atoms with Gasteiger partial charge >= 0.3 is 6.09 Å². The number of piperidine rings is 1. The molecule has 1 aliphatic rings. The topological polar surface area (TPSA) is 115 Å². The van der Waals surface area contributed by atoms with E-state index < -0.39 is 6.09 Å². The number of pyridine rings is 2. The van der Waals surface area contributed by atoms with Gasteiger partial charge in [-0.3, -0.25) is 14.2 Å². The van der Waals surface area contributed by atoms with Crippen molar-refractivity contribution in [3.05, 3.63) is 82.0 Å². The van der Waals surface area contributed by atoms with Gasteiger partial charge in [0.1, 0.15) is 11.9 Å². The second-order valence-corrected chi connectivity index (χ2v) is 12.5. The molecular formula is C37H40Cl2FN5O5. The van der Waals surface area contributed by atoms with Crippen molar-refractivity contribution in [3.8, 4) is 45.3 Å². The first-order chi connectivity index (χ1) is 24.2. The van der Waals surface area contributed by atoms with Crippen LogP contribution in [0, 0.1) is 0 Å². The first-order valence-electron chi connectivity index (χ1n) is 16.4. The minimum Gasteiger partial charge on any atom is -0.496 e. The fourth-order valence-electron chi connectivity index (χ4n) is 5.82. The Hall–Kier alpha value is -4.45. The largest absolute Gasteiger partial charge is 0.496 e. The standard InChI is InChI=1S/C37H40Cl2FN5O5/c1-23(46)45-18-13-27(14-19-45)50-37(47)43-22-26-10-11-31(44-36(26)49-3)30-7-4-6-28(33(30)38)29-12-17-42-35(34(29)39)24-8-9-25(32(20-24)48-2)21-41-16-5-15-40/h4,6-12,17,20,27,41H,5,13-16,18-19,21-22H2,1-3H3,(H,43,47). The van der Waals surface area contributed by atoms with E-state index >= 15 is 0 Å². The van der Waals surface area contributed by atoms with Gasteiger partial charge in [-0.2, -0.15) is 0 Å². The van der Waals surface area contributed by atoms with Crippen LogP contribution in [0.2, 0.25) is 10.0 Å². The van der Waals surface area contributed by atoms with Crippen LogP contribution in [0.5, 0.6) is 11.6 Å². The van der Waals surface area contributed by atoms with E-state index in [1.54, 1.807) is 18.2 Å². The number of nitrogens with one attached hydrogen (secondary N) is 2. The van der Waals surface area contributed by atoms with E-state index in [0.717, 1.165) is 11.1 Å². The summed E-state index contributed by atoms with van der Waals surface area (Å²) in [6.45, 7) is 3.56. The van der Waals surface area contributed by atoms with Gasteiger partial charge in [-0.05, 0) is 37.2 Å². The van der Waals surface area contributed by atoms with Gasteiger partial charge in [0.2, 0.25) is 11.8 Å². The second kappa shape index (κ2) is 17.5. The molecule has 50 heavy (non-hydrogen) atoms. The summed E-state index contributed by atoms with van der Waals surface area (Å²) in [6.07, 6.45) is 2.54. The number of halogens is 3. The first kappa shape index (κ1) is 36.8. The number of aromatic nitrogens is 2. The van der Waals surface area contributed by atoms with Crippen molar-refractivity contribution in [2.24, 2.45) is 0 Å². The molecule has 0 saturated carbocycles. The number of benzene rings is 2. The molecule has 1 fully saturated rings. The summed E-state index contributed by atoms with van der Waals surface area (Å²) in [4.78, 5) is 35.1. The summed E-state index contributed by atoms with van der Waals surface area (Å²) in [5.74, 6) is 1.02. The van der Waals surface area contributed by atoms with Crippen LogP contribution in [-0.4, -0.2) is 73.5 Å². The predicted octanol–water partition coefficient (Wildman–Crippen LogP) is 7.49. The Morgan fingerprint density at radius 3 is 2.40 bits per heavy atom. The molecule has 264 valence electrons. The summed E-state index contributed by atoms with van der Waals surface area (Å²) in [5.41, 5.74) is 5.56.